The quantitative estimate of drug-likeness (QED) is 0.305. The standard InChI is InChI=1S/C14H17BrClN3O3S/c1-3-17-14(23)19-18-7-9-5-10(15)13(11(16)6-9)22-8-12(20)21-4-2/h5-7H,3-4,8H2,1-2H3,(H2,17,19,23). The van der Waals surface area contributed by atoms with E-state index in [9.17, 15) is 4.79 Å². The fourth-order valence-corrected chi connectivity index (χ4v) is 2.68. The lowest BCUT2D eigenvalue weighted by atomic mass is 10.2. The molecule has 0 aliphatic heterocycles. The third-order valence-electron chi connectivity index (χ3n) is 2.38. The summed E-state index contributed by atoms with van der Waals surface area (Å²) in [5.41, 5.74) is 3.41. The first kappa shape index (κ1) is 19.7. The Morgan fingerprint density at radius 1 is 1.48 bits per heavy atom. The predicted octanol–water partition coefficient (Wildman–Crippen LogP) is 2.86. The van der Waals surface area contributed by atoms with Gasteiger partial charge in [0.05, 0.1) is 22.3 Å². The van der Waals surface area contributed by atoms with Gasteiger partial charge >= 0.3 is 5.97 Å². The minimum Gasteiger partial charge on any atom is -0.479 e. The molecule has 9 heteroatoms. The molecule has 2 N–H and O–H groups in total. The fraction of sp³-hybridized carbons (Fsp3) is 0.357. The van der Waals surface area contributed by atoms with E-state index in [2.05, 4.69) is 31.8 Å². The summed E-state index contributed by atoms with van der Waals surface area (Å²) in [6.07, 6.45) is 1.56. The third-order valence-corrected chi connectivity index (χ3v) is 3.48. The Morgan fingerprint density at radius 3 is 2.83 bits per heavy atom. The summed E-state index contributed by atoms with van der Waals surface area (Å²) in [6, 6.07) is 3.42. The third kappa shape index (κ3) is 7.15. The summed E-state index contributed by atoms with van der Waals surface area (Å²) < 4.78 is 10.8. The lowest BCUT2D eigenvalue weighted by molar-refractivity contribution is -0.145. The Kier molecular flexibility index (Phi) is 8.90. The second-order valence-electron chi connectivity index (χ2n) is 4.14. The van der Waals surface area contributed by atoms with Crippen LogP contribution in [0.5, 0.6) is 5.75 Å². The molecular formula is C14H17BrClN3O3S. The van der Waals surface area contributed by atoms with Crippen LogP contribution < -0.4 is 15.5 Å². The molecule has 23 heavy (non-hydrogen) atoms. The molecule has 126 valence electrons. The number of hydrogen-bond donors (Lipinski definition) is 2. The number of halogens is 2. The lowest BCUT2D eigenvalue weighted by Crippen LogP contribution is -2.31. The van der Waals surface area contributed by atoms with Crippen molar-refractivity contribution < 1.29 is 14.3 Å². The average molecular weight is 423 g/mol. The number of esters is 1. The Morgan fingerprint density at radius 2 is 2.22 bits per heavy atom. The number of thiocarbonyl (C=S) groups is 1. The lowest BCUT2D eigenvalue weighted by Gasteiger charge is -2.10. The summed E-state index contributed by atoms with van der Waals surface area (Å²) in [6.45, 7) is 4.46. The van der Waals surface area contributed by atoms with Crippen LogP contribution in [0, 0.1) is 0 Å². The number of rotatable bonds is 7. The summed E-state index contributed by atoms with van der Waals surface area (Å²) in [5.74, 6) is -0.0877. The zero-order valence-electron chi connectivity index (χ0n) is 12.7. The molecular weight excluding hydrogens is 406 g/mol. The van der Waals surface area contributed by atoms with Gasteiger partial charge in [-0.1, -0.05) is 11.6 Å². The van der Waals surface area contributed by atoms with Crippen molar-refractivity contribution in [3.8, 4) is 5.75 Å². The zero-order chi connectivity index (χ0) is 17.2. The summed E-state index contributed by atoms with van der Waals surface area (Å²) >= 11 is 14.5. The molecule has 0 heterocycles. The van der Waals surface area contributed by atoms with E-state index in [0.717, 1.165) is 5.56 Å². The molecule has 6 nitrogen and oxygen atoms in total. The molecule has 0 unspecified atom stereocenters. The van der Waals surface area contributed by atoms with E-state index in [1.54, 1.807) is 25.3 Å². The topological polar surface area (TPSA) is 72.0 Å². The highest BCUT2D eigenvalue weighted by molar-refractivity contribution is 9.10. The van der Waals surface area contributed by atoms with Gasteiger partial charge in [0.1, 0.15) is 0 Å². The number of nitrogens with one attached hydrogen (secondary N) is 2. The van der Waals surface area contributed by atoms with Crippen molar-refractivity contribution in [3.63, 3.8) is 0 Å². The van der Waals surface area contributed by atoms with Crippen molar-refractivity contribution in [3.05, 3.63) is 27.2 Å². The van der Waals surface area contributed by atoms with E-state index >= 15 is 0 Å². The fourth-order valence-electron chi connectivity index (χ4n) is 1.49. The van der Waals surface area contributed by atoms with Crippen LogP contribution >= 0.6 is 39.7 Å². The Labute approximate surface area is 153 Å². The van der Waals surface area contributed by atoms with E-state index in [1.165, 1.54) is 0 Å². The summed E-state index contributed by atoms with van der Waals surface area (Å²) in [4.78, 5) is 11.3. The second-order valence-corrected chi connectivity index (χ2v) is 5.81. The van der Waals surface area contributed by atoms with E-state index in [-0.39, 0.29) is 6.61 Å². The van der Waals surface area contributed by atoms with Crippen LogP contribution in [-0.2, 0) is 9.53 Å². The molecule has 0 saturated heterocycles. The van der Waals surface area contributed by atoms with E-state index in [4.69, 9.17) is 33.3 Å². The van der Waals surface area contributed by atoms with Crippen LogP contribution in [0.3, 0.4) is 0 Å². The van der Waals surface area contributed by atoms with Gasteiger partial charge in [-0.15, -0.1) is 0 Å². The SMILES string of the molecule is CCNC(=S)NN=Cc1cc(Cl)c(OCC(=O)OCC)c(Br)c1. The highest BCUT2D eigenvalue weighted by Gasteiger charge is 2.11. The molecule has 0 atom stereocenters. The Bertz CT molecular complexity index is 576. The van der Waals surface area contributed by atoms with Gasteiger partial charge in [0.15, 0.2) is 17.5 Å². The maximum absolute atomic E-state index is 11.3. The smallest absolute Gasteiger partial charge is 0.344 e. The number of carbonyl (C=O) groups is 1. The molecule has 1 aromatic carbocycles. The normalized spacial score (nSPS) is 10.4. The first-order valence-corrected chi connectivity index (χ1v) is 8.40. The van der Waals surface area contributed by atoms with Gasteiger partial charge in [-0.25, -0.2) is 4.79 Å². The van der Waals surface area contributed by atoms with E-state index in [1.807, 2.05) is 6.92 Å². The van der Waals surface area contributed by atoms with Crippen molar-refractivity contribution in [1.82, 2.24) is 10.7 Å². The number of ether oxygens (including phenoxy) is 2. The summed E-state index contributed by atoms with van der Waals surface area (Å²) in [7, 11) is 0. The van der Waals surface area contributed by atoms with Crippen molar-refractivity contribution in [2.24, 2.45) is 5.10 Å². The molecule has 0 aromatic heterocycles. The molecule has 1 rings (SSSR count). The molecule has 0 bridgehead atoms. The van der Waals surface area contributed by atoms with Crippen LogP contribution in [0.15, 0.2) is 21.7 Å². The molecule has 0 radical (unpaired) electrons. The number of nitrogens with zero attached hydrogens (tertiary/aromatic N) is 1. The van der Waals surface area contributed by atoms with Gasteiger partial charge in [-0.2, -0.15) is 5.10 Å². The number of benzene rings is 1. The largest absolute Gasteiger partial charge is 0.479 e. The van der Waals surface area contributed by atoms with Crippen LogP contribution in [-0.4, -0.2) is 37.1 Å². The van der Waals surface area contributed by atoms with Crippen LogP contribution in [0.4, 0.5) is 0 Å². The van der Waals surface area contributed by atoms with Gasteiger partial charge in [0.2, 0.25) is 0 Å². The monoisotopic (exact) mass is 421 g/mol. The second kappa shape index (κ2) is 10.4. The Balaban J connectivity index is 2.71. The zero-order valence-corrected chi connectivity index (χ0v) is 15.8. The molecule has 0 spiro atoms. The highest BCUT2D eigenvalue weighted by Crippen LogP contribution is 2.34. The van der Waals surface area contributed by atoms with Crippen LogP contribution in [0.1, 0.15) is 19.4 Å². The minimum atomic E-state index is -0.456. The van der Waals surface area contributed by atoms with E-state index in [0.29, 0.717) is 33.5 Å². The van der Waals surface area contributed by atoms with Gasteiger partial charge < -0.3 is 14.8 Å². The molecule has 0 amide bonds. The van der Waals surface area contributed by atoms with E-state index < -0.39 is 5.97 Å². The molecule has 0 aliphatic rings. The molecule has 0 fully saturated rings. The van der Waals surface area contributed by atoms with Crippen molar-refractivity contribution >= 4 is 57.0 Å². The minimum absolute atomic E-state index is 0.210. The van der Waals surface area contributed by atoms with Gasteiger partial charge in [0.25, 0.3) is 0 Å². The first-order chi connectivity index (χ1) is 11.0. The van der Waals surface area contributed by atoms with Gasteiger partial charge in [-0.3, -0.25) is 5.43 Å². The van der Waals surface area contributed by atoms with Crippen molar-refractivity contribution in [1.29, 1.82) is 0 Å². The molecule has 1 aromatic rings. The van der Waals surface area contributed by atoms with Crippen LogP contribution in [0.2, 0.25) is 5.02 Å². The number of hydrazone groups is 1. The number of carbonyl (C=O) groups excluding carboxylic acids is 1. The maximum Gasteiger partial charge on any atom is 0.344 e. The molecule has 0 aliphatic carbocycles. The average Bonchev–Trinajstić information content (AvgIpc) is 2.47. The summed E-state index contributed by atoms with van der Waals surface area (Å²) in [5, 5.41) is 7.69. The van der Waals surface area contributed by atoms with Crippen molar-refractivity contribution in [2.45, 2.75) is 13.8 Å². The number of hydrogen-bond acceptors (Lipinski definition) is 5. The Hall–Kier alpha value is -1.38. The highest BCUT2D eigenvalue weighted by atomic mass is 79.9. The van der Waals surface area contributed by atoms with Gasteiger partial charge in [-0.05, 0) is 59.7 Å². The van der Waals surface area contributed by atoms with Crippen LogP contribution in [0.25, 0.3) is 0 Å². The molecule has 0 saturated carbocycles. The predicted molar refractivity (Wildman–Crippen MR) is 98.3 cm³/mol. The maximum atomic E-state index is 11.3. The van der Waals surface area contributed by atoms with Gasteiger partial charge in [0, 0.05) is 6.54 Å². The van der Waals surface area contributed by atoms with Crippen molar-refractivity contribution in [2.75, 3.05) is 19.8 Å². The first-order valence-electron chi connectivity index (χ1n) is 6.82.